The number of carboxylic acid groups (broad SMARTS) is 1. The van der Waals surface area contributed by atoms with Crippen LogP contribution in [0.25, 0.3) is 0 Å². The first kappa shape index (κ1) is 87.4. The number of ketones is 3. The van der Waals surface area contributed by atoms with Gasteiger partial charge in [0, 0.05) is 51.6 Å². The van der Waals surface area contributed by atoms with Crippen molar-refractivity contribution in [3.8, 4) is 5.75 Å². The lowest BCUT2D eigenvalue weighted by molar-refractivity contribution is -0.146. The first-order valence-electron chi connectivity index (χ1n) is 37.0. The molecule has 2 fully saturated rings. The second-order valence-electron chi connectivity index (χ2n) is 31.0. The van der Waals surface area contributed by atoms with Crippen molar-refractivity contribution in [2.24, 2.45) is 50.8 Å². The summed E-state index contributed by atoms with van der Waals surface area (Å²) in [6.07, 6.45) is 3.53. The number of nitrogens with zero attached hydrogens (tertiary/aromatic N) is 2. The number of primary amides is 1. The van der Waals surface area contributed by atoms with Gasteiger partial charge >= 0.3 is 11.9 Å². The largest absolute Gasteiger partial charge is 0.511 e. The number of aliphatic imine (C=N–C) groups is 1. The van der Waals surface area contributed by atoms with Gasteiger partial charge in [0.15, 0.2) is 17.3 Å². The first-order chi connectivity index (χ1) is 49.8. The molecule has 8 amide bonds. The Labute approximate surface area is 621 Å². The number of esters is 1. The maximum Gasteiger partial charge on any atom is 0.306 e. The van der Waals surface area contributed by atoms with Crippen molar-refractivity contribution in [3.63, 3.8) is 0 Å². The van der Waals surface area contributed by atoms with E-state index in [1.165, 1.54) is 24.3 Å². The molecule has 0 unspecified atom stereocenters. The third-order valence-corrected chi connectivity index (χ3v) is 18.5. The molecule has 29 nitrogen and oxygen atoms in total. The molecule has 0 aromatic heterocycles. The molecule has 3 aliphatic rings. The molecule has 2 aromatic rings. The molecule has 2 aromatic carbocycles. The van der Waals surface area contributed by atoms with Gasteiger partial charge in [0.25, 0.3) is 0 Å². The van der Waals surface area contributed by atoms with Gasteiger partial charge in [0.2, 0.25) is 47.3 Å². The van der Waals surface area contributed by atoms with E-state index in [9.17, 15) is 77.6 Å². The Bertz CT molecular complexity index is 3520. The fourth-order valence-electron chi connectivity index (χ4n) is 13.1. The summed E-state index contributed by atoms with van der Waals surface area (Å²) in [5.41, 5.74) is 19.4. The van der Waals surface area contributed by atoms with Crippen LogP contribution in [0.3, 0.4) is 0 Å². The number of rotatable bonds is 42. The van der Waals surface area contributed by atoms with Gasteiger partial charge in [-0.1, -0.05) is 99.6 Å². The van der Waals surface area contributed by atoms with Gasteiger partial charge in [-0.25, -0.2) is 0 Å². The van der Waals surface area contributed by atoms with Gasteiger partial charge < -0.3 is 79.4 Å². The summed E-state index contributed by atoms with van der Waals surface area (Å²) in [6, 6.07) is 1.17. The van der Waals surface area contributed by atoms with Crippen LogP contribution in [0.15, 0.2) is 76.5 Å². The Kier molecular flexibility index (Phi) is 34.3. The highest BCUT2D eigenvalue weighted by Gasteiger charge is 2.42. The van der Waals surface area contributed by atoms with Crippen LogP contribution >= 0.6 is 0 Å². The Morgan fingerprint density at radius 3 is 1.75 bits per heavy atom. The first-order valence-corrected chi connectivity index (χ1v) is 37.0. The second-order valence-corrected chi connectivity index (χ2v) is 31.0. The van der Waals surface area contributed by atoms with Gasteiger partial charge in [0.05, 0.1) is 35.0 Å². The van der Waals surface area contributed by atoms with Crippen LogP contribution in [-0.2, 0) is 80.1 Å². The molecule has 106 heavy (non-hydrogen) atoms. The smallest absolute Gasteiger partial charge is 0.306 e. The fourth-order valence-corrected chi connectivity index (χ4v) is 13.1. The Morgan fingerprint density at radius 1 is 0.623 bits per heavy atom. The lowest BCUT2D eigenvalue weighted by atomic mass is 9.74. The van der Waals surface area contributed by atoms with Gasteiger partial charge in [-0.05, 0) is 154 Å². The minimum absolute atomic E-state index is 0.00305. The van der Waals surface area contributed by atoms with Gasteiger partial charge in [-0.15, -0.1) is 0 Å². The highest BCUT2D eigenvalue weighted by atomic mass is 16.5. The van der Waals surface area contributed by atoms with Crippen LogP contribution in [0.5, 0.6) is 5.75 Å². The number of phenolic OH excluding ortho intramolecular Hbond substituents is 1. The molecule has 584 valence electrons. The summed E-state index contributed by atoms with van der Waals surface area (Å²) >= 11 is 0. The zero-order chi connectivity index (χ0) is 78.8. The summed E-state index contributed by atoms with van der Waals surface area (Å²) in [4.78, 5) is 184. The normalized spacial score (nSPS) is 17.9. The molecule has 0 bridgehead atoms. The third-order valence-electron chi connectivity index (χ3n) is 18.5. The van der Waals surface area contributed by atoms with Crippen LogP contribution in [0.2, 0.25) is 0 Å². The van der Waals surface area contributed by atoms with E-state index >= 15 is 0 Å². The number of phenols is 1. The summed E-state index contributed by atoms with van der Waals surface area (Å²) in [7, 11) is 0. The molecule has 8 atom stereocenters. The number of benzene rings is 2. The number of carboxylic acids is 1. The van der Waals surface area contributed by atoms with E-state index in [-0.39, 0.29) is 160 Å². The zero-order valence-corrected chi connectivity index (χ0v) is 63.2. The fraction of sp³-hybridized carbons (Fsp3) is 0.610. The maximum absolute atomic E-state index is 14.7. The number of aliphatic hydroxyl groups is 1. The van der Waals surface area contributed by atoms with E-state index in [0.29, 0.717) is 67.6 Å². The standard InChI is InChI=1S/C77H114N12O17/c1-44(2)34-52(79)69(99)84-55(27-28-66(97)106-43-48-19-23-49(24-20-48)82-56(35-45(3)4)67-63(93)41-77(9,10)42-64(67)94)71(101)87-58(37-47-21-25-50(90)26-22-47)73(103)88-59(38-65(95)96)75(105)89-33-15-18-60(89)74(104)85-54(17-11-13-30-78)70(100)86-57(36-46(5)6)72(102)83-53(68(80)98)16-12-14-31-81-32-29-51-61(91)39-76(7,8)40-62(51)92/h19-26,29,44-46,52-55,57-60,81,90,93H,11-18,27-28,30-43,78-79H2,1-10H3,(H2,80,98)(H,83,102)(H,84,99)(H,85,104)(H,86,100)(H,87,101)(H,88,103)(H,95,96)/t52-,53-,54+,55-,57-,58+,59+,60-/m0/s1. The predicted molar refractivity (Wildman–Crippen MR) is 397 cm³/mol. The monoisotopic (exact) mass is 1480 g/mol. The average molecular weight is 1480 g/mol. The number of aliphatic carboxylic acids is 1. The van der Waals surface area contributed by atoms with E-state index in [2.05, 4.69) is 37.2 Å². The van der Waals surface area contributed by atoms with Gasteiger partial charge in [-0.2, -0.15) is 0 Å². The van der Waals surface area contributed by atoms with Gasteiger partial charge in [-0.3, -0.25) is 67.3 Å². The highest BCUT2D eigenvalue weighted by Crippen LogP contribution is 2.38. The summed E-state index contributed by atoms with van der Waals surface area (Å²) in [5, 5.41) is 50.4. The van der Waals surface area contributed by atoms with E-state index in [0.717, 1.165) is 4.90 Å². The van der Waals surface area contributed by atoms with Crippen LogP contribution < -0.4 is 54.4 Å². The lowest BCUT2D eigenvalue weighted by Gasteiger charge is -2.31. The number of aromatic hydroxyl groups is 1. The van der Waals surface area contributed by atoms with Crippen LogP contribution in [0.4, 0.5) is 5.69 Å². The number of unbranched alkanes of at least 4 members (excludes halogenated alkanes) is 2. The van der Waals surface area contributed by atoms with E-state index < -0.39 is 126 Å². The molecule has 16 N–H and O–H groups in total. The summed E-state index contributed by atoms with van der Waals surface area (Å²) in [6.45, 7) is 19.5. The molecule has 5 rings (SSSR count). The number of amides is 8. The van der Waals surface area contributed by atoms with E-state index in [1.807, 2.05) is 69.2 Å². The number of hydrogen-bond donors (Lipinski definition) is 13. The molecule has 29 heteroatoms. The number of aliphatic hydroxyl groups excluding tert-OH is 1. The SMILES string of the molecule is CC(C)CC(=Nc1ccc(COC(=O)CC[C@H](NC(=O)[C@@H](N)CC(C)C)C(=O)N[C@H](Cc2ccc(O)cc2)C(=O)N[C@H](CC(=O)O)C(=O)N2CCC[C@H]2C(=O)N[C@H](CCCCN)C(=O)N[C@@H](CC(C)C)C(=O)N[C@@H](CCCCNCC=C2C(=O)CC(C)(C)CC2=O)C(N)=O)cc1)C1=C(O)CC(C)(C)CC1=O. The van der Waals surface area contributed by atoms with Crippen molar-refractivity contribution in [1.29, 1.82) is 0 Å². The van der Waals surface area contributed by atoms with Crippen LogP contribution in [0, 0.1) is 28.6 Å². The molecule has 1 saturated carbocycles. The van der Waals surface area contributed by atoms with Crippen LogP contribution in [-0.4, -0.2) is 177 Å². The summed E-state index contributed by atoms with van der Waals surface area (Å²) in [5.74, 6) is -10.0. The Morgan fingerprint density at radius 2 is 1.16 bits per heavy atom. The van der Waals surface area contributed by atoms with Crippen molar-refractivity contribution in [2.45, 2.75) is 246 Å². The molecule has 1 saturated heterocycles. The minimum atomic E-state index is -1.86. The molecule has 0 spiro atoms. The van der Waals surface area contributed by atoms with Crippen molar-refractivity contribution in [3.05, 3.63) is 82.6 Å². The molecular weight excluding hydrogens is 1360 g/mol. The number of carbonyl (C=O) groups is 13. The minimum Gasteiger partial charge on any atom is -0.511 e. The topological polar surface area (TPSA) is 470 Å². The van der Waals surface area contributed by atoms with E-state index in [1.54, 1.807) is 30.3 Å². The van der Waals surface area contributed by atoms with Crippen molar-refractivity contribution >= 4 is 87.9 Å². The molecule has 1 aliphatic heterocycles. The Balaban J connectivity index is 1.29. The lowest BCUT2D eigenvalue weighted by Crippen LogP contribution is -2.60. The predicted octanol–water partition coefficient (Wildman–Crippen LogP) is 4.83. The summed E-state index contributed by atoms with van der Waals surface area (Å²) < 4.78 is 5.60. The highest BCUT2D eigenvalue weighted by molar-refractivity contribution is 6.24. The number of carbonyl (C=O) groups excluding carboxylic acids is 12. The van der Waals surface area contributed by atoms with Gasteiger partial charge in [0.1, 0.15) is 60.4 Å². The van der Waals surface area contributed by atoms with E-state index in [4.69, 9.17) is 26.9 Å². The number of nitrogens with two attached hydrogens (primary N) is 3. The van der Waals surface area contributed by atoms with Crippen molar-refractivity contribution in [2.75, 3.05) is 26.2 Å². The number of allylic oxidation sites excluding steroid dienone is 3. The zero-order valence-electron chi connectivity index (χ0n) is 63.2. The quantitative estimate of drug-likeness (QED) is 0.0139. The van der Waals surface area contributed by atoms with Crippen LogP contribution in [0.1, 0.15) is 196 Å². The number of likely N-dealkylation sites (tertiary alicyclic amines) is 1. The molecule has 0 radical (unpaired) electrons. The second kappa shape index (κ2) is 41.6. The number of nitrogens with one attached hydrogen (secondary N) is 7. The Hall–Kier alpha value is -9.22. The molecule has 1 heterocycles. The van der Waals surface area contributed by atoms with Crippen molar-refractivity contribution in [1.82, 2.24) is 42.1 Å². The number of ether oxygens (including phenoxy) is 1. The third kappa shape index (κ3) is 28.9. The maximum atomic E-state index is 14.7. The number of Topliss-reactive ketones (excluding diaryl/α,β-unsaturated/α-hetero) is 3. The van der Waals surface area contributed by atoms with Crippen molar-refractivity contribution < 1.29 is 82.4 Å². The number of hydrogen-bond acceptors (Lipinski definition) is 20. The molecular formula is C77H114N12O17. The average Bonchev–Trinajstić information content (AvgIpc) is 0.895. The molecule has 2 aliphatic carbocycles.